The second-order valence-electron chi connectivity index (χ2n) is 8.11. The van der Waals surface area contributed by atoms with E-state index in [1.165, 1.54) is 6.07 Å². The summed E-state index contributed by atoms with van der Waals surface area (Å²) in [6, 6.07) is 8.57. The summed E-state index contributed by atoms with van der Waals surface area (Å²) in [4.78, 5) is 2.22. The molecule has 5 rings (SSSR count). The molecule has 1 aliphatic carbocycles. The molecule has 1 aromatic carbocycles. The largest absolute Gasteiger partial charge is 0.393 e. The van der Waals surface area contributed by atoms with Gasteiger partial charge in [-0.15, -0.1) is 15.3 Å². The minimum absolute atomic E-state index is 0.140. The molecule has 0 bridgehead atoms. The van der Waals surface area contributed by atoms with Gasteiger partial charge in [0.25, 0.3) is 0 Å². The molecule has 0 radical (unpaired) electrons. The van der Waals surface area contributed by atoms with Crippen LogP contribution in [-0.4, -0.2) is 44.1 Å². The maximum Gasteiger partial charge on any atom is 0.178 e. The predicted molar refractivity (Wildman–Crippen MR) is 109 cm³/mol. The average Bonchev–Trinajstić information content (AvgIpc) is 3.48. The summed E-state index contributed by atoms with van der Waals surface area (Å²) in [6.07, 6.45) is 3.48. The Labute approximate surface area is 168 Å². The highest BCUT2D eigenvalue weighted by molar-refractivity contribution is 5.57. The summed E-state index contributed by atoms with van der Waals surface area (Å²) in [7, 11) is 0. The number of hydrogen-bond donors (Lipinski definition) is 2. The summed E-state index contributed by atoms with van der Waals surface area (Å²) in [5.74, 6) is 1.81. The molecule has 2 fully saturated rings. The Morgan fingerprint density at radius 1 is 1.10 bits per heavy atom. The number of aromatic nitrogens is 4. The van der Waals surface area contributed by atoms with E-state index < -0.39 is 0 Å². The Morgan fingerprint density at radius 3 is 2.66 bits per heavy atom. The minimum Gasteiger partial charge on any atom is -0.393 e. The van der Waals surface area contributed by atoms with E-state index in [0.717, 1.165) is 61.5 Å². The maximum absolute atomic E-state index is 14.1. The van der Waals surface area contributed by atoms with Gasteiger partial charge in [0.05, 0.1) is 12.1 Å². The lowest BCUT2D eigenvalue weighted by molar-refractivity contribution is 0.145. The van der Waals surface area contributed by atoms with Gasteiger partial charge < -0.3 is 15.3 Å². The number of hydrogen-bond acceptors (Lipinski definition) is 6. The monoisotopic (exact) mass is 396 g/mol. The van der Waals surface area contributed by atoms with Crippen molar-refractivity contribution in [2.75, 3.05) is 23.3 Å². The van der Waals surface area contributed by atoms with E-state index in [0.29, 0.717) is 11.7 Å². The van der Waals surface area contributed by atoms with E-state index in [1.54, 1.807) is 6.07 Å². The number of aliphatic hydroxyl groups is 1. The topological polar surface area (TPSA) is 78.6 Å². The molecule has 2 N–H and O–H groups in total. The van der Waals surface area contributed by atoms with E-state index in [9.17, 15) is 9.50 Å². The van der Waals surface area contributed by atoms with Crippen LogP contribution in [0.5, 0.6) is 0 Å². The maximum atomic E-state index is 14.1. The van der Waals surface area contributed by atoms with Crippen LogP contribution in [0.15, 0.2) is 30.3 Å². The van der Waals surface area contributed by atoms with Crippen LogP contribution in [0.3, 0.4) is 0 Å². The smallest absolute Gasteiger partial charge is 0.178 e. The lowest BCUT2D eigenvalue weighted by Gasteiger charge is -2.34. The molecule has 2 aromatic heterocycles. The fourth-order valence-electron chi connectivity index (χ4n) is 4.05. The molecule has 2 aliphatic rings. The number of nitrogens with zero attached hydrogens (tertiary/aromatic N) is 5. The van der Waals surface area contributed by atoms with Gasteiger partial charge in [-0.2, -0.15) is 4.52 Å². The molecule has 1 atom stereocenters. The SMILES string of the molecule is CC(Nc1ccc2nnc(C3CC3)n2n1)c1cc(F)ccc1N1CCC(O)CC1. The van der Waals surface area contributed by atoms with Crippen molar-refractivity contribution >= 4 is 17.2 Å². The number of fused-ring (bicyclic) bond motifs is 1. The van der Waals surface area contributed by atoms with Crippen molar-refractivity contribution in [3.05, 3.63) is 47.5 Å². The van der Waals surface area contributed by atoms with Crippen molar-refractivity contribution < 1.29 is 9.50 Å². The summed E-state index contributed by atoms with van der Waals surface area (Å²) < 4.78 is 15.9. The van der Waals surface area contributed by atoms with Crippen molar-refractivity contribution in [1.29, 1.82) is 0 Å². The number of anilines is 2. The van der Waals surface area contributed by atoms with E-state index in [1.807, 2.05) is 29.6 Å². The first kappa shape index (κ1) is 18.3. The number of halogens is 1. The molecule has 1 saturated heterocycles. The Kier molecular flexibility index (Phi) is 4.58. The van der Waals surface area contributed by atoms with Crippen LogP contribution in [-0.2, 0) is 0 Å². The number of benzene rings is 1. The highest BCUT2D eigenvalue weighted by atomic mass is 19.1. The first-order chi connectivity index (χ1) is 14.1. The van der Waals surface area contributed by atoms with Crippen LogP contribution in [0.25, 0.3) is 5.65 Å². The Bertz CT molecular complexity index is 1030. The van der Waals surface area contributed by atoms with E-state index in [-0.39, 0.29) is 18.0 Å². The lowest BCUT2D eigenvalue weighted by Crippen LogP contribution is -2.36. The van der Waals surface area contributed by atoms with Gasteiger partial charge in [-0.1, -0.05) is 0 Å². The van der Waals surface area contributed by atoms with Gasteiger partial charge in [-0.05, 0) is 62.9 Å². The molecule has 3 aromatic rings. The average molecular weight is 396 g/mol. The molecule has 7 nitrogen and oxygen atoms in total. The first-order valence-electron chi connectivity index (χ1n) is 10.3. The van der Waals surface area contributed by atoms with Crippen molar-refractivity contribution in [2.45, 2.75) is 50.7 Å². The van der Waals surface area contributed by atoms with Gasteiger partial charge in [0.15, 0.2) is 11.5 Å². The van der Waals surface area contributed by atoms with Gasteiger partial charge in [0.2, 0.25) is 0 Å². The third-order valence-corrected chi connectivity index (χ3v) is 5.86. The molecule has 0 spiro atoms. The quantitative estimate of drug-likeness (QED) is 0.689. The Balaban J connectivity index is 1.42. The summed E-state index contributed by atoms with van der Waals surface area (Å²) in [5, 5.41) is 26.4. The minimum atomic E-state index is -0.257. The van der Waals surface area contributed by atoms with Crippen LogP contribution in [0.2, 0.25) is 0 Å². The van der Waals surface area contributed by atoms with Gasteiger partial charge >= 0.3 is 0 Å². The van der Waals surface area contributed by atoms with Crippen LogP contribution in [0.1, 0.15) is 56.0 Å². The standard InChI is InChI=1S/C21H25FN6O/c1-13(17-12-15(22)4-5-18(17)27-10-8-16(29)9-11-27)23-19-6-7-20-24-25-21(14-2-3-14)28(20)26-19/h4-7,12-14,16,29H,2-3,8-11H2,1H3,(H,23,26). The normalized spacial score (nSPS) is 18.9. The summed E-state index contributed by atoms with van der Waals surface area (Å²) in [6.45, 7) is 3.54. The number of nitrogens with one attached hydrogen (secondary N) is 1. The number of rotatable bonds is 5. The Morgan fingerprint density at radius 2 is 1.90 bits per heavy atom. The molecule has 8 heteroatoms. The molecule has 0 amide bonds. The summed E-state index contributed by atoms with van der Waals surface area (Å²) >= 11 is 0. The Hall–Kier alpha value is -2.74. The van der Waals surface area contributed by atoms with Crippen molar-refractivity contribution in [3.63, 3.8) is 0 Å². The molecule has 1 aliphatic heterocycles. The molecular weight excluding hydrogens is 371 g/mol. The van der Waals surface area contributed by atoms with E-state index in [2.05, 4.69) is 25.5 Å². The van der Waals surface area contributed by atoms with Gasteiger partial charge in [0, 0.05) is 30.3 Å². The van der Waals surface area contributed by atoms with Crippen LogP contribution in [0.4, 0.5) is 15.9 Å². The van der Waals surface area contributed by atoms with Crippen molar-refractivity contribution in [1.82, 2.24) is 19.8 Å². The predicted octanol–water partition coefficient (Wildman–Crippen LogP) is 3.28. The fraction of sp³-hybridized carbons (Fsp3) is 0.476. The van der Waals surface area contributed by atoms with Gasteiger partial charge in [0.1, 0.15) is 11.6 Å². The lowest BCUT2D eigenvalue weighted by atomic mass is 10.0. The molecule has 1 unspecified atom stereocenters. The molecule has 152 valence electrons. The first-order valence-corrected chi connectivity index (χ1v) is 10.3. The van der Waals surface area contributed by atoms with Crippen LogP contribution < -0.4 is 10.2 Å². The van der Waals surface area contributed by atoms with Crippen molar-refractivity contribution in [2.24, 2.45) is 0 Å². The van der Waals surface area contributed by atoms with E-state index in [4.69, 9.17) is 0 Å². The van der Waals surface area contributed by atoms with Gasteiger partial charge in [-0.3, -0.25) is 0 Å². The van der Waals surface area contributed by atoms with E-state index >= 15 is 0 Å². The molecular formula is C21H25FN6O. The highest BCUT2D eigenvalue weighted by Crippen LogP contribution is 2.39. The number of aliphatic hydroxyl groups excluding tert-OH is 1. The van der Waals surface area contributed by atoms with Crippen LogP contribution in [0, 0.1) is 5.82 Å². The molecule has 29 heavy (non-hydrogen) atoms. The third-order valence-electron chi connectivity index (χ3n) is 5.86. The highest BCUT2D eigenvalue weighted by Gasteiger charge is 2.29. The van der Waals surface area contributed by atoms with Gasteiger partial charge in [-0.25, -0.2) is 4.39 Å². The number of piperidine rings is 1. The van der Waals surface area contributed by atoms with Crippen molar-refractivity contribution in [3.8, 4) is 0 Å². The zero-order valence-corrected chi connectivity index (χ0v) is 16.4. The second kappa shape index (κ2) is 7.26. The third kappa shape index (κ3) is 3.64. The fourth-order valence-corrected chi connectivity index (χ4v) is 4.05. The van der Waals surface area contributed by atoms with Crippen LogP contribution >= 0.6 is 0 Å². The zero-order chi connectivity index (χ0) is 20.0. The molecule has 1 saturated carbocycles. The summed E-state index contributed by atoms with van der Waals surface area (Å²) in [5.41, 5.74) is 2.63. The molecule has 3 heterocycles. The second-order valence-corrected chi connectivity index (χ2v) is 8.11. The zero-order valence-electron chi connectivity index (χ0n) is 16.4.